The Morgan fingerprint density at radius 1 is 1.24 bits per heavy atom. The summed E-state index contributed by atoms with van der Waals surface area (Å²) >= 11 is 0. The SMILES string of the molecule is C=C1[C@@H]2CC[C@@]3(C)[C@H](c4ccoc4)OC(=O)C[C@]13O[C@H]1CC(=O)C(C)(C)[C@H](C(O)C(=O)O)[C@]12C. The van der Waals surface area contributed by atoms with Crippen molar-refractivity contribution in [2.45, 2.75) is 77.3 Å². The average molecular weight is 473 g/mol. The molecule has 8 atom stereocenters. The van der Waals surface area contributed by atoms with Gasteiger partial charge in [-0.25, -0.2) is 4.79 Å². The summed E-state index contributed by atoms with van der Waals surface area (Å²) in [5.74, 6) is -3.05. The van der Waals surface area contributed by atoms with Crippen molar-refractivity contribution in [3.05, 3.63) is 36.3 Å². The van der Waals surface area contributed by atoms with Crippen molar-refractivity contribution >= 4 is 17.7 Å². The standard InChI is InChI=1S/C26H32O8/c1-13-15-6-8-24(4)21(14-7-9-32-12-14)33-18(28)11-26(13,24)34-17-10-16(27)23(2,3)20(25(15,17)5)19(29)22(30)31/h7,9,12,15,17,19-21,29H,1,6,8,10-11H2,2-5H3,(H,30,31)/t15-,17-,19?,20-,21-,24-,25-,26-/m0/s1. The fraction of sp³-hybridized carbons (Fsp3) is 0.654. The van der Waals surface area contributed by atoms with Crippen LogP contribution in [-0.2, 0) is 23.9 Å². The highest BCUT2D eigenvalue weighted by Gasteiger charge is 2.74. The van der Waals surface area contributed by atoms with Crippen LogP contribution in [0.2, 0.25) is 0 Å². The zero-order chi connectivity index (χ0) is 24.8. The summed E-state index contributed by atoms with van der Waals surface area (Å²) in [7, 11) is 0. The fourth-order valence-corrected chi connectivity index (χ4v) is 7.96. The molecule has 2 aliphatic heterocycles. The van der Waals surface area contributed by atoms with Gasteiger partial charge in [-0.1, -0.05) is 34.3 Å². The van der Waals surface area contributed by atoms with E-state index < -0.39 is 58.0 Å². The molecule has 1 spiro atoms. The number of rotatable bonds is 3. The molecule has 0 amide bonds. The number of esters is 1. The van der Waals surface area contributed by atoms with Crippen LogP contribution in [0.25, 0.3) is 0 Å². The van der Waals surface area contributed by atoms with Crippen LogP contribution < -0.4 is 0 Å². The first-order valence-corrected chi connectivity index (χ1v) is 11.8. The Bertz CT molecular complexity index is 1070. The van der Waals surface area contributed by atoms with E-state index in [1.807, 2.05) is 13.8 Å². The van der Waals surface area contributed by atoms with Gasteiger partial charge in [-0.15, -0.1) is 0 Å². The molecule has 184 valence electrons. The van der Waals surface area contributed by atoms with E-state index in [1.54, 1.807) is 26.2 Å². The predicted molar refractivity (Wildman–Crippen MR) is 118 cm³/mol. The maximum atomic E-state index is 13.3. The maximum Gasteiger partial charge on any atom is 0.332 e. The molecule has 1 unspecified atom stereocenters. The lowest BCUT2D eigenvalue weighted by Crippen LogP contribution is -2.74. The van der Waals surface area contributed by atoms with Crippen molar-refractivity contribution in [1.29, 1.82) is 0 Å². The molecular weight excluding hydrogens is 440 g/mol. The van der Waals surface area contributed by atoms with Crippen LogP contribution in [0.15, 0.2) is 35.2 Å². The largest absolute Gasteiger partial charge is 0.479 e. The summed E-state index contributed by atoms with van der Waals surface area (Å²) in [5, 5.41) is 20.6. The van der Waals surface area contributed by atoms with E-state index in [4.69, 9.17) is 13.9 Å². The van der Waals surface area contributed by atoms with Crippen LogP contribution in [0, 0.1) is 28.1 Å². The summed E-state index contributed by atoms with van der Waals surface area (Å²) in [5.41, 5.74) is -2.20. The Kier molecular flexibility index (Phi) is 4.83. The van der Waals surface area contributed by atoms with Crippen LogP contribution in [0.3, 0.4) is 0 Å². The number of cyclic esters (lactones) is 1. The first kappa shape index (κ1) is 23.3. The number of carbonyl (C=O) groups is 3. The highest BCUT2D eigenvalue weighted by Crippen LogP contribution is 2.71. The Labute approximate surface area is 198 Å². The minimum Gasteiger partial charge on any atom is -0.479 e. The van der Waals surface area contributed by atoms with Crippen LogP contribution in [0.1, 0.15) is 65.0 Å². The van der Waals surface area contributed by atoms with Gasteiger partial charge in [0.1, 0.15) is 17.5 Å². The second kappa shape index (κ2) is 7.04. The predicted octanol–water partition coefficient (Wildman–Crippen LogP) is 3.44. The lowest BCUT2D eigenvalue weighted by Gasteiger charge is -2.70. The molecule has 4 aliphatic rings. The number of hydrogen-bond acceptors (Lipinski definition) is 7. The van der Waals surface area contributed by atoms with E-state index in [9.17, 15) is 24.6 Å². The van der Waals surface area contributed by atoms with Gasteiger partial charge in [0.05, 0.1) is 25.1 Å². The smallest absolute Gasteiger partial charge is 0.332 e. The summed E-state index contributed by atoms with van der Waals surface area (Å²) in [6.45, 7) is 11.8. The number of furan rings is 1. The number of carboxylic acid groups (broad SMARTS) is 1. The molecule has 2 bridgehead atoms. The van der Waals surface area contributed by atoms with Gasteiger partial charge in [0.2, 0.25) is 0 Å². The van der Waals surface area contributed by atoms with Gasteiger partial charge in [0.25, 0.3) is 0 Å². The number of Topliss-reactive ketones (excluding diaryl/α,β-unsaturated/α-hetero) is 1. The number of hydrogen-bond donors (Lipinski definition) is 2. The van der Waals surface area contributed by atoms with E-state index in [-0.39, 0.29) is 24.5 Å². The first-order chi connectivity index (χ1) is 15.8. The Morgan fingerprint density at radius 3 is 2.56 bits per heavy atom. The summed E-state index contributed by atoms with van der Waals surface area (Å²) in [6, 6.07) is 1.77. The lowest BCUT2D eigenvalue weighted by atomic mass is 9.41. The number of fused-ring (bicyclic) bond motifs is 3. The quantitative estimate of drug-likeness (QED) is 0.507. The molecule has 0 radical (unpaired) electrons. The van der Waals surface area contributed by atoms with Gasteiger partial charge in [-0.2, -0.15) is 0 Å². The number of carbonyl (C=O) groups excluding carboxylic acids is 2. The van der Waals surface area contributed by atoms with Gasteiger partial charge >= 0.3 is 11.9 Å². The molecule has 1 aromatic heterocycles. The number of ketones is 1. The number of aliphatic hydroxyl groups is 1. The van der Waals surface area contributed by atoms with E-state index in [0.29, 0.717) is 12.8 Å². The molecule has 2 saturated carbocycles. The highest BCUT2D eigenvalue weighted by atomic mass is 16.6. The third-order valence-electron chi connectivity index (χ3n) is 9.78. The van der Waals surface area contributed by atoms with Crippen molar-refractivity contribution in [1.82, 2.24) is 0 Å². The Hall–Kier alpha value is -2.45. The molecule has 4 fully saturated rings. The molecule has 3 heterocycles. The van der Waals surface area contributed by atoms with E-state index >= 15 is 0 Å². The van der Waals surface area contributed by atoms with Gasteiger partial charge in [-0.3, -0.25) is 9.59 Å². The number of carboxylic acids is 1. The van der Waals surface area contributed by atoms with Crippen LogP contribution in [0.4, 0.5) is 0 Å². The highest BCUT2D eigenvalue weighted by molar-refractivity contribution is 5.88. The second-order valence-electron chi connectivity index (χ2n) is 11.5. The van der Waals surface area contributed by atoms with Crippen LogP contribution in [0.5, 0.6) is 0 Å². The molecule has 2 N–H and O–H groups in total. The Balaban J connectivity index is 1.66. The second-order valence-corrected chi connectivity index (χ2v) is 11.5. The normalized spacial score (nSPS) is 44.0. The monoisotopic (exact) mass is 472 g/mol. The number of ether oxygens (including phenoxy) is 2. The minimum absolute atomic E-state index is 0.0243. The average Bonchev–Trinajstić information content (AvgIpc) is 3.27. The zero-order valence-corrected chi connectivity index (χ0v) is 20.0. The van der Waals surface area contributed by atoms with Crippen molar-refractivity contribution in [2.75, 3.05) is 0 Å². The number of aliphatic hydroxyl groups excluding tert-OH is 1. The van der Waals surface area contributed by atoms with E-state index in [1.165, 1.54) is 6.26 Å². The van der Waals surface area contributed by atoms with Crippen molar-refractivity contribution in [2.24, 2.45) is 28.1 Å². The molecule has 2 aliphatic carbocycles. The first-order valence-electron chi connectivity index (χ1n) is 11.8. The number of aliphatic carboxylic acids is 1. The third-order valence-corrected chi connectivity index (χ3v) is 9.78. The summed E-state index contributed by atoms with van der Waals surface area (Å²) in [6.07, 6.45) is 1.43. The van der Waals surface area contributed by atoms with E-state index in [2.05, 4.69) is 6.58 Å². The topological polar surface area (TPSA) is 123 Å². The summed E-state index contributed by atoms with van der Waals surface area (Å²) in [4.78, 5) is 38.2. The van der Waals surface area contributed by atoms with Gasteiger partial charge < -0.3 is 24.1 Å². The Morgan fingerprint density at radius 2 is 1.94 bits per heavy atom. The van der Waals surface area contributed by atoms with Gasteiger partial charge in [0.15, 0.2) is 6.10 Å². The molecule has 2 saturated heterocycles. The molecule has 34 heavy (non-hydrogen) atoms. The molecule has 8 heteroatoms. The molecular formula is C26H32O8. The van der Waals surface area contributed by atoms with E-state index in [0.717, 1.165) is 11.1 Å². The van der Waals surface area contributed by atoms with Crippen LogP contribution >= 0.6 is 0 Å². The van der Waals surface area contributed by atoms with Crippen molar-refractivity contribution in [3.63, 3.8) is 0 Å². The van der Waals surface area contributed by atoms with Crippen LogP contribution in [-0.4, -0.2) is 45.7 Å². The van der Waals surface area contributed by atoms with Gasteiger partial charge in [-0.05, 0) is 30.4 Å². The molecule has 1 aromatic rings. The third kappa shape index (κ3) is 2.64. The molecule has 0 aromatic carbocycles. The van der Waals surface area contributed by atoms with Crippen molar-refractivity contribution < 1.29 is 38.5 Å². The fourth-order valence-electron chi connectivity index (χ4n) is 7.96. The minimum atomic E-state index is -1.74. The molecule has 5 rings (SSSR count). The zero-order valence-electron chi connectivity index (χ0n) is 20.0. The maximum absolute atomic E-state index is 13.3. The molecule has 8 nitrogen and oxygen atoms in total. The lowest BCUT2D eigenvalue weighted by molar-refractivity contribution is -0.303. The summed E-state index contributed by atoms with van der Waals surface area (Å²) < 4.78 is 18.0. The van der Waals surface area contributed by atoms with Crippen molar-refractivity contribution in [3.8, 4) is 0 Å². The van der Waals surface area contributed by atoms with Gasteiger partial charge in [0, 0.05) is 34.1 Å².